The largest absolute Gasteiger partial charge is 0.355 e. The maximum atomic E-state index is 4.50. The van der Waals surface area contributed by atoms with Crippen molar-refractivity contribution in [3.8, 4) is 0 Å². The Morgan fingerprint density at radius 1 is 0.556 bits per heavy atom. The number of rotatable bonds is 0. The van der Waals surface area contributed by atoms with Gasteiger partial charge in [0.05, 0.1) is 6.04 Å². The summed E-state index contributed by atoms with van der Waals surface area (Å²) in [5, 5.41) is 0. The molecule has 6 aliphatic rings. The molecule has 3 N–H and O–H groups in total. The third kappa shape index (κ3) is 0.846. The van der Waals surface area contributed by atoms with Gasteiger partial charge >= 0.3 is 0 Å². The summed E-state index contributed by atoms with van der Waals surface area (Å²) in [5.41, 5.74) is 4.50. The second kappa shape index (κ2) is 2.85. The Balaban J connectivity index is 1.45. The molecular weight excluding hydrogens is 218 g/mol. The van der Waals surface area contributed by atoms with E-state index < -0.39 is 0 Å². The molecule has 6 saturated carbocycles. The van der Waals surface area contributed by atoms with Gasteiger partial charge in [-0.1, -0.05) is 0 Å². The van der Waals surface area contributed by atoms with Crippen molar-refractivity contribution in [2.75, 3.05) is 0 Å². The van der Waals surface area contributed by atoms with Gasteiger partial charge in [-0.2, -0.15) is 0 Å². The van der Waals surface area contributed by atoms with Crippen LogP contribution in [0.15, 0.2) is 0 Å². The molecule has 0 amide bonds. The van der Waals surface area contributed by atoms with Crippen molar-refractivity contribution in [2.24, 2.45) is 59.2 Å². The molecule has 0 saturated heterocycles. The summed E-state index contributed by atoms with van der Waals surface area (Å²) in [5.74, 6) is 11.7. The molecule has 6 rings (SSSR count). The molecule has 11 atom stereocenters. The van der Waals surface area contributed by atoms with Crippen LogP contribution >= 0.6 is 0 Å². The molecule has 6 aliphatic carbocycles. The molecular formula is C17H26N+. The molecule has 98 valence electrons. The van der Waals surface area contributed by atoms with Crippen molar-refractivity contribution >= 4 is 0 Å². The van der Waals surface area contributed by atoms with Gasteiger partial charge in [-0.3, -0.25) is 0 Å². The van der Waals surface area contributed by atoms with Gasteiger partial charge in [0.2, 0.25) is 0 Å². The SMILES string of the molecule is [NH3+]C1CC2CC1C1C3CC(C4C5CCC(C5)C34)C21. The van der Waals surface area contributed by atoms with Gasteiger partial charge < -0.3 is 5.73 Å². The highest BCUT2D eigenvalue weighted by Crippen LogP contribution is 2.76. The highest BCUT2D eigenvalue weighted by Gasteiger charge is 2.71. The van der Waals surface area contributed by atoms with Crippen LogP contribution in [0.25, 0.3) is 0 Å². The van der Waals surface area contributed by atoms with Crippen LogP contribution in [0.5, 0.6) is 0 Å². The van der Waals surface area contributed by atoms with E-state index in [2.05, 4.69) is 5.73 Å². The third-order valence-corrected chi connectivity index (χ3v) is 8.84. The summed E-state index contributed by atoms with van der Waals surface area (Å²) in [4.78, 5) is 0. The molecule has 0 spiro atoms. The number of fused-ring (bicyclic) bond motifs is 16. The van der Waals surface area contributed by atoms with E-state index >= 15 is 0 Å². The Bertz CT molecular complexity index is 418. The summed E-state index contributed by atoms with van der Waals surface area (Å²) in [7, 11) is 0. The Hall–Kier alpha value is -0.0400. The molecule has 11 unspecified atom stereocenters. The van der Waals surface area contributed by atoms with Crippen LogP contribution in [0.3, 0.4) is 0 Å². The van der Waals surface area contributed by atoms with E-state index in [1.165, 1.54) is 47.8 Å². The fraction of sp³-hybridized carbons (Fsp3) is 1.00. The smallest absolute Gasteiger partial charge is 0.0877 e. The summed E-state index contributed by atoms with van der Waals surface area (Å²) < 4.78 is 0. The first-order valence-corrected chi connectivity index (χ1v) is 8.66. The zero-order valence-corrected chi connectivity index (χ0v) is 11.3. The number of hydrogen-bond acceptors (Lipinski definition) is 0. The van der Waals surface area contributed by atoms with Crippen molar-refractivity contribution < 1.29 is 5.73 Å². The van der Waals surface area contributed by atoms with Crippen LogP contribution in [-0.4, -0.2) is 6.04 Å². The Morgan fingerprint density at radius 2 is 1.22 bits per heavy atom. The third-order valence-electron chi connectivity index (χ3n) is 8.84. The molecule has 6 bridgehead atoms. The average molecular weight is 244 g/mol. The van der Waals surface area contributed by atoms with E-state index in [1.54, 1.807) is 32.1 Å². The fourth-order valence-corrected chi connectivity index (χ4v) is 8.93. The molecule has 0 aliphatic heterocycles. The molecule has 1 heteroatoms. The van der Waals surface area contributed by atoms with Crippen LogP contribution in [0.2, 0.25) is 0 Å². The minimum absolute atomic E-state index is 0.840. The standard InChI is InChI=1S/C17H25N/c18-13-5-9-4-10(13)17-12-6-11(16(9)17)14-7-1-2-8(3-7)15(12)14/h7-17H,1-6,18H2/p+1. The molecule has 1 nitrogen and oxygen atoms in total. The molecule has 0 heterocycles. The van der Waals surface area contributed by atoms with E-state index in [4.69, 9.17) is 0 Å². The maximum Gasteiger partial charge on any atom is 0.0877 e. The first-order valence-electron chi connectivity index (χ1n) is 8.66. The number of quaternary nitrogens is 1. The molecule has 0 aromatic carbocycles. The highest BCUT2D eigenvalue weighted by atomic mass is 14.8. The van der Waals surface area contributed by atoms with E-state index in [1.807, 2.05) is 0 Å². The summed E-state index contributed by atoms with van der Waals surface area (Å²) in [6.45, 7) is 0. The van der Waals surface area contributed by atoms with E-state index in [0.717, 1.165) is 23.8 Å². The van der Waals surface area contributed by atoms with E-state index in [0.29, 0.717) is 0 Å². The van der Waals surface area contributed by atoms with Crippen LogP contribution in [-0.2, 0) is 0 Å². The highest BCUT2D eigenvalue weighted by molar-refractivity contribution is 5.19. The van der Waals surface area contributed by atoms with Crippen LogP contribution < -0.4 is 5.73 Å². The van der Waals surface area contributed by atoms with Crippen LogP contribution in [0, 0.1) is 59.2 Å². The molecule has 6 fully saturated rings. The lowest BCUT2D eigenvalue weighted by Crippen LogP contribution is -2.65. The van der Waals surface area contributed by atoms with Crippen LogP contribution in [0.1, 0.15) is 38.5 Å². The molecule has 0 radical (unpaired) electrons. The Kier molecular flexibility index (Phi) is 1.55. The first-order chi connectivity index (χ1) is 8.83. The van der Waals surface area contributed by atoms with Crippen molar-refractivity contribution in [1.29, 1.82) is 0 Å². The van der Waals surface area contributed by atoms with Gasteiger partial charge in [0.1, 0.15) is 0 Å². The van der Waals surface area contributed by atoms with E-state index in [-0.39, 0.29) is 0 Å². The zero-order chi connectivity index (χ0) is 11.6. The van der Waals surface area contributed by atoms with Gasteiger partial charge in [0.25, 0.3) is 0 Å². The molecule has 0 aromatic heterocycles. The fourth-order valence-electron chi connectivity index (χ4n) is 8.93. The minimum Gasteiger partial charge on any atom is -0.355 e. The monoisotopic (exact) mass is 244 g/mol. The summed E-state index contributed by atoms with van der Waals surface area (Å²) >= 11 is 0. The normalized spacial score (nSPS) is 74.2. The van der Waals surface area contributed by atoms with Gasteiger partial charge in [-0.25, -0.2) is 0 Å². The predicted octanol–water partition coefficient (Wildman–Crippen LogP) is 2.18. The topological polar surface area (TPSA) is 27.6 Å². The lowest BCUT2D eigenvalue weighted by Gasteiger charge is -2.45. The Labute approximate surface area is 110 Å². The predicted molar refractivity (Wildman–Crippen MR) is 69.3 cm³/mol. The summed E-state index contributed by atoms with van der Waals surface area (Å²) in [6.07, 6.45) is 9.61. The van der Waals surface area contributed by atoms with Crippen molar-refractivity contribution in [3.05, 3.63) is 0 Å². The molecule has 18 heavy (non-hydrogen) atoms. The second-order valence-electron chi connectivity index (χ2n) is 8.86. The first kappa shape index (κ1) is 9.80. The summed E-state index contributed by atoms with van der Waals surface area (Å²) in [6, 6.07) is 0.840. The van der Waals surface area contributed by atoms with Crippen molar-refractivity contribution in [1.82, 2.24) is 0 Å². The van der Waals surface area contributed by atoms with Gasteiger partial charge in [0.15, 0.2) is 0 Å². The lowest BCUT2D eigenvalue weighted by molar-refractivity contribution is -0.436. The van der Waals surface area contributed by atoms with Crippen molar-refractivity contribution in [2.45, 2.75) is 44.6 Å². The number of hydrogen-bond donors (Lipinski definition) is 1. The van der Waals surface area contributed by atoms with Gasteiger partial charge in [0, 0.05) is 12.3 Å². The zero-order valence-electron chi connectivity index (χ0n) is 11.3. The van der Waals surface area contributed by atoms with Crippen LogP contribution in [0.4, 0.5) is 0 Å². The molecule has 0 aromatic rings. The minimum atomic E-state index is 0.840. The maximum absolute atomic E-state index is 4.50. The second-order valence-corrected chi connectivity index (χ2v) is 8.86. The van der Waals surface area contributed by atoms with Gasteiger partial charge in [-0.15, -0.1) is 0 Å². The lowest BCUT2D eigenvalue weighted by atomic mass is 9.59. The Morgan fingerprint density at radius 3 is 2.00 bits per heavy atom. The van der Waals surface area contributed by atoms with Gasteiger partial charge in [-0.05, 0) is 85.4 Å². The van der Waals surface area contributed by atoms with Crippen molar-refractivity contribution in [3.63, 3.8) is 0 Å². The average Bonchev–Trinajstić information content (AvgIpc) is 3.14. The van der Waals surface area contributed by atoms with E-state index in [9.17, 15) is 0 Å². The quantitative estimate of drug-likeness (QED) is 0.633.